The molecule has 0 spiro atoms. The van der Waals surface area contributed by atoms with E-state index in [9.17, 15) is 14.4 Å². The zero-order chi connectivity index (χ0) is 20.4. The maximum absolute atomic E-state index is 12.9. The van der Waals surface area contributed by atoms with E-state index in [1.165, 1.54) is 13.5 Å². The highest BCUT2D eigenvalue weighted by molar-refractivity contribution is 6.04. The lowest BCUT2D eigenvalue weighted by atomic mass is 9.85. The second-order valence-corrected chi connectivity index (χ2v) is 8.40. The molecule has 2 saturated carbocycles. The van der Waals surface area contributed by atoms with Crippen molar-refractivity contribution in [3.05, 3.63) is 29.8 Å². The largest absolute Gasteiger partial charge is 0.468 e. The summed E-state index contributed by atoms with van der Waals surface area (Å²) in [5.41, 5.74) is 0.971. The molecule has 0 bridgehead atoms. The minimum Gasteiger partial charge on any atom is -0.468 e. The molecule has 3 unspecified atom stereocenters. The number of benzene rings is 1. The van der Waals surface area contributed by atoms with Gasteiger partial charge in [0.05, 0.1) is 24.9 Å². The second-order valence-electron chi connectivity index (χ2n) is 8.40. The molecule has 0 radical (unpaired) electrons. The molecule has 1 aromatic rings. The summed E-state index contributed by atoms with van der Waals surface area (Å²) in [4.78, 5) is 39.7. The van der Waals surface area contributed by atoms with Gasteiger partial charge in [0.2, 0.25) is 5.91 Å². The Bertz CT molecular complexity index is 792. The number of hydrogen-bond acceptors (Lipinski definition) is 5. The van der Waals surface area contributed by atoms with Crippen molar-refractivity contribution in [2.75, 3.05) is 19.0 Å². The van der Waals surface area contributed by atoms with E-state index in [2.05, 4.69) is 10.6 Å². The molecular formula is C22H29N3O4. The number of para-hydroxylation sites is 1. The molecule has 2 amide bonds. The van der Waals surface area contributed by atoms with Crippen molar-refractivity contribution >= 4 is 23.5 Å². The highest BCUT2D eigenvalue weighted by atomic mass is 16.5. The maximum atomic E-state index is 12.9. The topological polar surface area (TPSA) is 87.7 Å². The zero-order valence-corrected chi connectivity index (χ0v) is 16.9. The van der Waals surface area contributed by atoms with E-state index in [-0.39, 0.29) is 42.5 Å². The Labute approximate surface area is 171 Å². The normalized spacial score (nSPS) is 26.4. The number of hydrogen-bond donors (Lipinski definition) is 2. The number of likely N-dealkylation sites (tertiary alicyclic amines) is 1. The van der Waals surface area contributed by atoms with Crippen LogP contribution in [0.2, 0.25) is 0 Å². The molecule has 1 heterocycles. The fourth-order valence-electron chi connectivity index (χ4n) is 4.78. The third-order valence-electron chi connectivity index (χ3n) is 6.38. The van der Waals surface area contributed by atoms with Crippen molar-refractivity contribution in [2.45, 2.75) is 63.1 Å². The molecule has 1 aliphatic heterocycles. The van der Waals surface area contributed by atoms with Crippen LogP contribution >= 0.6 is 0 Å². The average Bonchev–Trinajstić information content (AvgIpc) is 3.47. The van der Waals surface area contributed by atoms with Crippen LogP contribution in [0.1, 0.15) is 55.3 Å². The molecule has 2 N–H and O–H groups in total. The Morgan fingerprint density at radius 1 is 1.10 bits per heavy atom. The first kappa shape index (κ1) is 19.9. The van der Waals surface area contributed by atoms with Crippen LogP contribution in [0.3, 0.4) is 0 Å². The van der Waals surface area contributed by atoms with Crippen LogP contribution < -0.4 is 10.6 Å². The van der Waals surface area contributed by atoms with Gasteiger partial charge in [0, 0.05) is 12.1 Å². The molecule has 1 saturated heterocycles. The van der Waals surface area contributed by atoms with Gasteiger partial charge in [-0.15, -0.1) is 0 Å². The Morgan fingerprint density at radius 3 is 2.62 bits per heavy atom. The van der Waals surface area contributed by atoms with Crippen LogP contribution in [0.15, 0.2) is 24.3 Å². The van der Waals surface area contributed by atoms with E-state index in [0.29, 0.717) is 17.2 Å². The number of nitrogens with zero attached hydrogens (tertiary/aromatic N) is 1. The molecule has 7 heteroatoms. The first-order valence-electron chi connectivity index (χ1n) is 10.6. The number of carbonyl (C=O) groups is 3. The number of fused-ring (bicyclic) bond motifs is 1. The lowest BCUT2D eigenvalue weighted by molar-refractivity contribution is -0.146. The minimum atomic E-state index is -0.368. The van der Waals surface area contributed by atoms with E-state index >= 15 is 0 Å². The predicted octanol–water partition coefficient (Wildman–Crippen LogP) is 2.32. The zero-order valence-electron chi connectivity index (χ0n) is 16.9. The standard InChI is InChI=1S/C22H29N3O4/c1-29-22(28)19-12-14-6-2-5-9-18(14)25(19)13-20(26)24-17-8-4-3-7-16(17)21(27)23-15-10-11-15/h3-4,7-8,14-15,18-19H,2,5-6,9-13H2,1H3,(H,23,27)(H,24,26). The van der Waals surface area contributed by atoms with Crippen LogP contribution in [-0.2, 0) is 14.3 Å². The van der Waals surface area contributed by atoms with Crippen LogP contribution in [-0.4, -0.2) is 54.5 Å². The molecule has 29 heavy (non-hydrogen) atoms. The summed E-state index contributed by atoms with van der Waals surface area (Å²) in [6.45, 7) is 0.125. The highest BCUT2D eigenvalue weighted by Crippen LogP contribution is 2.39. The van der Waals surface area contributed by atoms with Crippen molar-refractivity contribution < 1.29 is 19.1 Å². The summed E-state index contributed by atoms with van der Waals surface area (Å²) in [5.74, 6) is -0.199. The molecule has 2 aliphatic carbocycles. The second kappa shape index (κ2) is 8.53. The molecular weight excluding hydrogens is 370 g/mol. The van der Waals surface area contributed by atoms with Gasteiger partial charge in [0.25, 0.3) is 5.91 Å². The van der Waals surface area contributed by atoms with Crippen LogP contribution in [0.4, 0.5) is 5.69 Å². The minimum absolute atomic E-state index is 0.125. The fourth-order valence-corrected chi connectivity index (χ4v) is 4.78. The number of carbonyl (C=O) groups excluding carboxylic acids is 3. The summed E-state index contributed by atoms with van der Waals surface area (Å²) in [6.07, 6.45) is 7.17. The average molecular weight is 399 g/mol. The number of anilines is 1. The predicted molar refractivity (Wildman–Crippen MR) is 108 cm³/mol. The monoisotopic (exact) mass is 399 g/mol. The molecule has 3 fully saturated rings. The molecule has 3 atom stereocenters. The fraction of sp³-hybridized carbons (Fsp3) is 0.591. The number of rotatable bonds is 6. The van der Waals surface area contributed by atoms with Crippen molar-refractivity contribution in [1.82, 2.24) is 10.2 Å². The molecule has 7 nitrogen and oxygen atoms in total. The van der Waals surface area contributed by atoms with Crippen molar-refractivity contribution in [3.8, 4) is 0 Å². The number of esters is 1. The van der Waals surface area contributed by atoms with Gasteiger partial charge in [-0.2, -0.15) is 0 Å². The van der Waals surface area contributed by atoms with Crippen molar-refractivity contribution in [2.24, 2.45) is 5.92 Å². The van der Waals surface area contributed by atoms with Crippen molar-refractivity contribution in [3.63, 3.8) is 0 Å². The summed E-state index contributed by atoms with van der Waals surface area (Å²) in [5, 5.41) is 5.85. The van der Waals surface area contributed by atoms with E-state index in [1.807, 2.05) is 4.90 Å². The van der Waals surface area contributed by atoms with E-state index in [1.54, 1.807) is 24.3 Å². The third-order valence-corrected chi connectivity index (χ3v) is 6.38. The van der Waals surface area contributed by atoms with Crippen LogP contribution in [0, 0.1) is 5.92 Å². The summed E-state index contributed by atoms with van der Waals surface area (Å²) >= 11 is 0. The maximum Gasteiger partial charge on any atom is 0.323 e. The van der Waals surface area contributed by atoms with Crippen molar-refractivity contribution in [1.29, 1.82) is 0 Å². The van der Waals surface area contributed by atoms with Gasteiger partial charge in [-0.1, -0.05) is 25.0 Å². The van der Waals surface area contributed by atoms with Crippen LogP contribution in [0.25, 0.3) is 0 Å². The lowest BCUT2D eigenvalue weighted by Crippen LogP contribution is -2.46. The number of amides is 2. The molecule has 1 aromatic carbocycles. The lowest BCUT2D eigenvalue weighted by Gasteiger charge is -2.32. The Morgan fingerprint density at radius 2 is 1.86 bits per heavy atom. The van der Waals surface area contributed by atoms with Gasteiger partial charge in [0.1, 0.15) is 6.04 Å². The van der Waals surface area contributed by atoms with Gasteiger partial charge in [0.15, 0.2) is 0 Å². The van der Waals surface area contributed by atoms with E-state index in [0.717, 1.165) is 38.5 Å². The Balaban J connectivity index is 1.45. The van der Waals surface area contributed by atoms with Crippen LogP contribution in [0.5, 0.6) is 0 Å². The third kappa shape index (κ3) is 4.45. The molecule has 3 aliphatic rings. The number of nitrogens with one attached hydrogen (secondary N) is 2. The van der Waals surface area contributed by atoms with Gasteiger partial charge < -0.3 is 15.4 Å². The molecule has 4 rings (SSSR count). The summed E-state index contributed by atoms with van der Waals surface area (Å²) in [6, 6.07) is 7.17. The molecule has 0 aromatic heterocycles. The van der Waals surface area contributed by atoms with Gasteiger partial charge >= 0.3 is 5.97 Å². The SMILES string of the molecule is COC(=O)C1CC2CCCCC2N1CC(=O)Nc1ccccc1C(=O)NC1CC1. The summed E-state index contributed by atoms with van der Waals surface area (Å²) in [7, 11) is 1.40. The molecule has 156 valence electrons. The Hall–Kier alpha value is -2.41. The van der Waals surface area contributed by atoms with E-state index < -0.39 is 0 Å². The highest BCUT2D eigenvalue weighted by Gasteiger charge is 2.46. The summed E-state index contributed by atoms with van der Waals surface area (Å²) < 4.78 is 5.00. The first-order chi connectivity index (χ1) is 14.1. The quantitative estimate of drug-likeness (QED) is 0.717. The Kier molecular flexibility index (Phi) is 5.85. The van der Waals surface area contributed by atoms with Gasteiger partial charge in [-0.3, -0.25) is 19.3 Å². The van der Waals surface area contributed by atoms with Gasteiger partial charge in [-0.25, -0.2) is 0 Å². The number of methoxy groups -OCH3 is 1. The number of ether oxygens (including phenoxy) is 1. The smallest absolute Gasteiger partial charge is 0.323 e. The first-order valence-corrected chi connectivity index (χ1v) is 10.6. The van der Waals surface area contributed by atoms with E-state index in [4.69, 9.17) is 4.74 Å². The van der Waals surface area contributed by atoms with Gasteiger partial charge in [-0.05, 0) is 50.2 Å².